The Morgan fingerprint density at radius 1 is 1.08 bits per heavy atom. The van der Waals surface area contributed by atoms with Crippen LogP contribution in [-0.2, 0) is 26.0 Å². The van der Waals surface area contributed by atoms with Gasteiger partial charge in [-0.1, -0.05) is 43.5 Å². The van der Waals surface area contributed by atoms with Gasteiger partial charge in [0, 0.05) is 33.2 Å². The molecule has 1 aliphatic heterocycles. The van der Waals surface area contributed by atoms with E-state index < -0.39 is 33.3 Å². The minimum Gasteiger partial charge on any atom is -0.385 e. The largest absolute Gasteiger partial charge is 0.389 e. The van der Waals surface area contributed by atoms with Gasteiger partial charge in [0.15, 0.2) is 4.75 Å². The Balaban J connectivity index is 1.65. The Kier molecular flexibility index (Phi) is 11.7. The van der Waals surface area contributed by atoms with Crippen molar-refractivity contribution in [3.8, 4) is 0 Å². The molecule has 1 aromatic carbocycles. The smallest absolute Gasteiger partial charge is 0.385 e. The number of nitrogens with one attached hydrogen (secondary N) is 1. The first-order valence-electron chi connectivity index (χ1n) is 14.1. The molecule has 2 atom stereocenters. The van der Waals surface area contributed by atoms with Crippen LogP contribution in [0.5, 0.6) is 0 Å². The molecule has 2 N–H and O–H groups in total. The van der Waals surface area contributed by atoms with Crippen molar-refractivity contribution in [2.24, 2.45) is 5.92 Å². The summed E-state index contributed by atoms with van der Waals surface area (Å²) in [6, 6.07) is 7.56. The summed E-state index contributed by atoms with van der Waals surface area (Å²) in [5.41, 5.74) is 3.56. The molecule has 0 aromatic heterocycles. The molecule has 2 aliphatic rings. The van der Waals surface area contributed by atoms with Gasteiger partial charge < -0.3 is 4.74 Å². The van der Waals surface area contributed by atoms with Gasteiger partial charge in [-0.05, 0) is 80.8 Å². The quantitative estimate of drug-likeness (QED) is 0.200. The van der Waals surface area contributed by atoms with Crippen molar-refractivity contribution in [3.05, 3.63) is 35.4 Å². The SMILES string of the molecule is COCCCC1CCCCC(C(=O)NO)(S(=O)(=O)N2CCC(c3ccc(CCCC(F)(F)F)cc3)CC2)CC1. The number of carbonyl (C=O) groups is 1. The molecule has 11 heteroatoms. The van der Waals surface area contributed by atoms with Crippen molar-refractivity contribution in [2.45, 2.75) is 100 Å². The van der Waals surface area contributed by atoms with E-state index in [4.69, 9.17) is 4.74 Å². The minimum absolute atomic E-state index is 0.0518. The van der Waals surface area contributed by atoms with Gasteiger partial charge >= 0.3 is 6.18 Å². The van der Waals surface area contributed by atoms with Crippen LogP contribution in [0.3, 0.4) is 0 Å². The van der Waals surface area contributed by atoms with Crippen molar-refractivity contribution in [3.63, 3.8) is 0 Å². The fraction of sp³-hybridized carbons (Fsp3) is 0.750. The Bertz CT molecular complexity index is 1010. The highest BCUT2D eigenvalue weighted by atomic mass is 32.2. The number of halogens is 3. The maximum atomic E-state index is 14.0. The molecular weight excluding hydrogens is 533 g/mol. The highest BCUT2D eigenvalue weighted by Crippen LogP contribution is 2.40. The summed E-state index contributed by atoms with van der Waals surface area (Å²) in [6.45, 7) is 1.20. The van der Waals surface area contributed by atoms with E-state index in [9.17, 15) is 31.6 Å². The minimum atomic E-state index is -4.15. The van der Waals surface area contributed by atoms with Crippen LogP contribution in [0.2, 0.25) is 0 Å². The molecule has 222 valence electrons. The maximum Gasteiger partial charge on any atom is 0.389 e. The van der Waals surface area contributed by atoms with E-state index in [0.29, 0.717) is 44.6 Å². The molecule has 1 aliphatic carbocycles. The fourth-order valence-corrected chi connectivity index (χ4v) is 8.43. The van der Waals surface area contributed by atoms with Crippen molar-refractivity contribution >= 4 is 15.9 Å². The highest BCUT2D eigenvalue weighted by molar-refractivity contribution is 7.91. The lowest BCUT2D eigenvalue weighted by atomic mass is 9.82. The third-order valence-electron chi connectivity index (χ3n) is 8.54. The molecule has 7 nitrogen and oxygen atoms in total. The second kappa shape index (κ2) is 14.3. The molecule has 39 heavy (non-hydrogen) atoms. The first-order chi connectivity index (χ1) is 18.5. The zero-order valence-electron chi connectivity index (χ0n) is 22.8. The number of piperidine rings is 1. The van der Waals surface area contributed by atoms with E-state index in [1.165, 1.54) is 4.31 Å². The first-order valence-corrected chi connectivity index (χ1v) is 15.5. The second-order valence-corrected chi connectivity index (χ2v) is 13.4. The summed E-state index contributed by atoms with van der Waals surface area (Å²) in [5, 5.41) is 9.57. The van der Waals surface area contributed by atoms with E-state index in [0.717, 1.165) is 36.8 Å². The number of carbonyl (C=O) groups excluding carboxylic acids is 1. The zero-order valence-corrected chi connectivity index (χ0v) is 23.7. The van der Waals surface area contributed by atoms with Crippen molar-refractivity contribution in [1.29, 1.82) is 0 Å². The monoisotopic (exact) mass is 576 g/mol. The van der Waals surface area contributed by atoms with Crippen LogP contribution in [0.25, 0.3) is 0 Å². The van der Waals surface area contributed by atoms with Gasteiger partial charge in [-0.3, -0.25) is 10.0 Å². The molecule has 1 aromatic rings. The summed E-state index contributed by atoms with van der Waals surface area (Å²) < 4.78 is 70.1. The number of hydroxylamine groups is 1. The topological polar surface area (TPSA) is 95.9 Å². The Morgan fingerprint density at radius 3 is 2.38 bits per heavy atom. The number of amides is 1. The molecule has 2 unspecified atom stereocenters. The molecule has 1 amide bonds. The van der Waals surface area contributed by atoms with Crippen molar-refractivity contribution in [2.75, 3.05) is 26.8 Å². The number of ether oxygens (including phenoxy) is 1. The van der Waals surface area contributed by atoms with Crippen molar-refractivity contribution in [1.82, 2.24) is 9.79 Å². The molecule has 2 fully saturated rings. The lowest BCUT2D eigenvalue weighted by Crippen LogP contribution is -2.58. The van der Waals surface area contributed by atoms with Crippen LogP contribution in [0.4, 0.5) is 13.2 Å². The van der Waals surface area contributed by atoms with E-state index in [1.54, 1.807) is 12.6 Å². The summed E-state index contributed by atoms with van der Waals surface area (Å²) >= 11 is 0. The third kappa shape index (κ3) is 8.41. The second-order valence-electron chi connectivity index (χ2n) is 11.1. The van der Waals surface area contributed by atoms with Gasteiger partial charge in [0.2, 0.25) is 10.0 Å². The van der Waals surface area contributed by atoms with Crippen LogP contribution in [0.1, 0.15) is 94.1 Å². The van der Waals surface area contributed by atoms with Crippen LogP contribution < -0.4 is 5.48 Å². The fourth-order valence-electron chi connectivity index (χ4n) is 6.19. The number of alkyl halides is 3. The van der Waals surface area contributed by atoms with E-state index in [2.05, 4.69) is 0 Å². The van der Waals surface area contributed by atoms with Gasteiger partial charge in [-0.25, -0.2) is 18.2 Å². The predicted molar refractivity (Wildman–Crippen MR) is 143 cm³/mol. The van der Waals surface area contributed by atoms with Crippen LogP contribution in [-0.4, -0.2) is 61.6 Å². The van der Waals surface area contributed by atoms with Gasteiger partial charge in [0.1, 0.15) is 0 Å². The molecule has 1 saturated carbocycles. The molecule has 0 bridgehead atoms. The van der Waals surface area contributed by atoms with E-state index in [-0.39, 0.29) is 38.3 Å². The van der Waals surface area contributed by atoms with Crippen LogP contribution in [0, 0.1) is 5.92 Å². The lowest BCUT2D eigenvalue weighted by molar-refractivity contribution is -0.135. The standard InChI is InChI=1S/C28H43F3N2O5S/c1-38-21-5-8-22-6-2-3-16-27(18-13-22,26(34)32-35)39(36,37)33-19-14-25(15-20-33)24-11-9-23(10-12-24)7-4-17-28(29,30)31/h9-12,22,25,35H,2-8,13-21H2,1H3,(H,32,34). The predicted octanol–water partition coefficient (Wildman–Crippen LogP) is 5.72. The summed E-state index contributed by atoms with van der Waals surface area (Å²) in [4.78, 5) is 13.0. The maximum absolute atomic E-state index is 14.0. The first kappa shape index (κ1) is 31.8. The number of hydrogen-bond donors (Lipinski definition) is 2. The average Bonchev–Trinajstić information content (AvgIpc) is 2.89. The summed E-state index contributed by atoms with van der Waals surface area (Å²) in [7, 11) is -2.38. The molecule has 3 rings (SSSR count). The molecule has 0 spiro atoms. The lowest BCUT2D eigenvalue weighted by Gasteiger charge is -2.40. The average molecular weight is 577 g/mol. The Hall–Kier alpha value is -1.69. The number of hydrogen-bond acceptors (Lipinski definition) is 5. The number of rotatable bonds is 11. The molecular formula is C28H43F3N2O5S. The molecule has 1 heterocycles. The number of methoxy groups -OCH3 is 1. The van der Waals surface area contributed by atoms with Crippen LogP contribution in [0.15, 0.2) is 24.3 Å². The number of sulfonamides is 1. The third-order valence-corrected chi connectivity index (χ3v) is 11.2. The summed E-state index contributed by atoms with van der Waals surface area (Å²) in [5.74, 6) is -0.405. The number of aryl methyl sites for hydroxylation is 1. The zero-order chi connectivity index (χ0) is 28.5. The van der Waals surface area contributed by atoms with E-state index >= 15 is 0 Å². The summed E-state index contributed by atoms with van der Waals surface area (Å²) in [6.07, 6.45) is 1.82. The number of benzene rings is 1. The Labute approximate surface area is 230 Å². The van der Waals surface area contributed by atoms with Gasteiger partial charge in [-0.2, -0.15) is 13.2 Å². The highest BCUT2D eigenvalue weighted by Gasteiger charge is 2.53. The van der Waals surface area contributed by atoms with Gasteiger partial charge in [0.25, 0.3) is 5.91 Å². The molecule has 0 radical (unpaired) electrons. The van der Waals surface area contributed by atoms with Gasteiger partial charge in [0.05, 0.1) is 0 Å². The molecule has 1 saturated heterocycles. The van der Waals surface area contributed by atoms with Crippen LogP contribution >= 0.6 is 0 Å². The van der Waals surface area contributed by atoms with Crippen molar-refractivity contribution < 1.29 is 36.3 Å². The number of nitrogens with zero attached hydrogens (tertiary/aromatic N) is 1. The van der Waals surface area contributed by atoms with Gasteiger partial charge in [-0.15, -0.1) is 0 Å². The normalized spacial score (nSPS) is 24.2. The van der Waals surface area contributed by atoms with E-state index in [1.807, 2.05) is 24.3 Å². The Morgan fingerprint density at radius 2 is 1.77 bits per heavy atom.